The Morgan fingerprint density at radius 2 is 1.53 bits per heavy atom. The van der Waals surface area contributed by atoms with Crippen LogP contribution in [0.5, 0.6) is 0 Å². The second-order valence-electron chi connectivity index (χ2n) is 7.04. The van der Waals surface area contributed by atoms with E-state index in [9.17, 15) is 8.78 Å². The Kier molecular flexibility index (Phi) is 6.25. The van der Waals surface area contributed by atoms with Crippen LogP contribution in [0.3, 0.4) is 0 Å². The predicted octanol–water partition coefficient (Wildman–Crippen LogP) is 4.60. The summed E-state index contributed by atoms with van der Waals surface area (Å²) in [6.07, 6.45) is 0.782. The molecule has 4 rings (SSSR count). The highest BCUT2D eigenvalue weighted by Gasteiger charge is 2.14. The van der Waals surface area contributed by atoms with Gasteiger partial charge in [-0.1, -0.05) is 60.7 Å². The number of hydrogen-bond acceptors (Lipinski definition) is 3. The molecule has 0 aliphatic carbocycles. The summed E-state index contributed by atoms with van der Waals surface area (Å²) >= 11 is 0. The second-order valence-corrected chi connectivity index (χ2v) is 7.04. The maximum atomic E-state index is 14.0. The maximum absolute atomic E-state index is 14.0. The summed E-state index contributed by atoms with van der Waals surface area (Å²) in [7, 11) is 0. The Labute approximate surface area is 174 Å². The van der Waals surface area contributed by atoms with Gasteiger partial charge in [0.2, 0.25) is 0 Å². The monoisotopic (exact) mass is 404 g/mol. The van der Waals surface area contributed by atoms with Crippen molar-refractivity contribution in [2.75, 3.05) is 6.54 Å². The minimum absolute atomic E-state index is 0.231. The van der Waals surface area contributed by atoms with E-state index in [-0.39, 0.29) is 18.2 Å². The van der Waals surface area contributed by atoms with E-state index in [2.05, 4.69) is 15.5 Å². The lowest BCUT2D eigenvalue weighted by molar-refractivity contribution is 0.543. The number of halogens is 2. The molecule has 6 heteroatoms. The van der Waals surface area contributed by atoms with Crippen LogP contribution in [-0.4, -0.2) is 21.5 Å². The number of nitrogens with zero attached hydrogens (tertiary/aromatic N) is 3. The lowest BCUT2D eigenvalue weighted by Crippen LogP contribution is -2.17. The summed E-state index contributed by atoms with van der Waals surface area (Å²) in [4.78, 5) is 1.54. The highest BCUT2D eigenvalue weighted by Crippen LogP contribution is 2.20. The summed E-state index contributed by atoms with van der Waals surface area (Å²) in [6.45, 7) is 1.52. The molecule has 0 aliphatic heterocycles. The van der Waals surface area contributed by atoms with Crippen molar-refractivity contribution in [2.24, 2.45) is 0 Å². The van der Waals surface area contributed by atoms with Gasteiger partial charge in [0.25, 0.3) is 0 Å². The Morgan fingerprint density at radius 1 is 0.800 bits per heavy atom. The molecule has 3 aromatic carbocycles. The van der Waals surface area contributed by atoms with E-state index in [1.165, 1.54) is 23.0 Å². The van der Waals surface area contributed by atoms with Crippen molar-refractivity contribution >= 4 is 0 Å². The van der Waals surface area contributed by atoms with Crippen LogP contribution in [0, 0.1) is 11.6 Å². The zero-order chi connectivity index (χ0) is 20.8. The molecule has 1 aromatic heterocycles. The minimum Gasteiger partial charge on any atom is -0.311 e. The van der Waals surface area contributed by atoms with Gasteiger partial charge in [0.1, 0.15) is 23.0 Å². The molecular formula is C24H22F2N4. The standard InChI is InChI=1S/C24H22F2N4/c25-21-12-10-18(11-13-21)14-15-27-16-23-24(19-6-2-1-3-7-19)29-30(28-23)17-20-8-4-5-9-22(20)26/h1-13,27H,14-17H2. The van der Waals surface area contributed by atoms with Gasteiger partial charge in [-0.15, -0.1) is 0 Å². The zero-order valence-electron chi connectivity index (χ0n) is 16.4. The highest BCUT2D eigenvalue weighted by molar-refractivity contribution is 5.60. The summed E-state index contributed by atoms with van der Waals surface area (Å²) in [5.41, 5.74) is 4.16. The lowest BCUT2D eigenvalue weighted by Gasteiger charge is -2.05. The van der Waals surface area contributed by atoms with E-state index in [0.717, 1.165) is 35.5 Å². The Morgan fingerprint density at radius 3 is 2.30 bits per heavy atom. The van der Waals surface area contributed by atoms with E-state index in [1.807, 2.05) is 30.3 Å². The first kappa shape index (κ1) is 19.9. The molecule has 0 aliphatic rings. The van der Waals surface area contributed by atoms with Crippen LogP contribution >= 0.6 is 0 Å². The number of hydrogen-bond donors (Lipinski definition) is 1. The maximum Gasteiger partial charge on any atom is 0.128 e. The SMILES string of the molecule is Fc1ccc(CCNCc2nn(Cc3ccccc3F)nc2-c2ccccc2)cc1. The van der Waals surface area contributed by atoms with E-state index in [4.69, 9.17) is 0 Å². The van der Waals surface area contributed by atoms with E-state index < -0.39 is 0 Å². The number of nitrogens with one attached hydrogen (secondary N) is 1. The van der Waals surface area contributed by atoms with Crippen LogP contribution in [-0.2, 0) is 19.5 Å². The predicted molar refractivity (Wildman–Crippen MR) is 113 cm³/mol. The summed E-state index contributed by atoms with van der Waals surface area (Å²) in [6, 6.07) is 23.0. The molecular weight excluding hydrogens is 382 g/mol. The second kappa shape index (κ2) is 9.41. The molecule has 0 radical (unpaired) electrons. The molecule has 4 nitrogen and oxygen atoms in total. The van der Waals surface area contributed by atoms with Crippen molar-refractivity contribution in [3.63, 3.8) is 0 Å². The first-order valence-electron chi connectivity index (χ1n) is 9.87. The molecule has 0 saturated carbocycles. The Bertz CT molecular complexity index is 1090. The number of aromatic nitrogens is 3. The molecule has 1 heterocycles. The third-order valence-corrected chi connectivity index (χ3v) is 4.84. The average molecular weight is 404 g/mol. The van der Waals surface area contributed by atoms with Crippen LogP contribution in [0.1, 0.15) is 16.8 Å². The molecule has 0 amide bonds. The van der Waals surface area contributed by atoms with Crippen LogP contribution in [0.2, 0.25) is 0 Å². The molecule has 152 valence electrons. The molecule has 0 atom stereocenters. The van der Waals surface area contributed by atoms with Gasteiger partial charge in [0.15, 0.2) is 0 Å². The van der Waals surface area contributed by atoms with Crippen molar-refractivity contribution in [1.29, 1.82) is 0 Å². The molecule has 0 spiro atoms. The highest BCUT2D eigenvalue weighted by atomic mass is 19.1. The summed E-state index contributed by atoms with van der Waals surface area (Å²) < 4.78 is 27.1. The quantitative estimate of drug-likeness (QED) is 0.436. The zero-order valence-corrected chi connectivity index (χ0v) is 16.4. The fourth-order valence-corrected chi connectivity index (χ4v) is 3.26. The minimum atomic E-state index is -0.268. The van der Waals surface area contributed by atoms with Crippen molar-refractivity contribution in [1.82, 2.24) is 20.3 Å². The number of rotatable bonds is 8. The fraction of sp³-hybridized carbons (Fsp3) is 0.167. The first-order chi connectivity index (χ1) is 14.7. The summed E-state index contributed by atoms with van der Waals surface area (Å²) in [5.74, 6) is -0.499. The van der Waals surface area contributed by atoms with Crippen molar-refractivity contribution in [3.8, 4) is 11.3 Å². The molecule has 0 bridgehead atoms. The van der Waals surface area contributed by atoms with Crippen LogP contribution in [0.15, 0.2) is 78.9 Å². The van der Waals surface area contributed by atoms with Gasteiger partial charge in [0, 0.05) is 17.7 Å². The lowest BCUT2D eigenvalue weighted by atomic mass is 10.1. The van der Waals surface area contributed by atoms with Gasteiger partial charge < -0.3 is 5.32 Å². The fourth-order valence-electron chi connectivity index (χ4n) is 3.26. The smallest absolute Gasteiger partial charge is 0.128 e. The number of benzene rings is 3. The van der Waals surface area contributed by atoms with Crippen LogP contribution < -0.4 is 5.32 Å². The van der Waals surface area contributed by atoms with Gasteiger partial charge >= 0.3 is 0 Å². The molecule has 0 saturated heterocycles. The third kappa shape index (κ3) is 4.96. The van der Waals surface area contributed by atoms with E-state index >= 15 is 0 Å². The van der Waals surface area contributed by atoms with Crippen molar-refractivity contribution in [2.45, 2.75) is 19.5 Å². The first-order valence-corrected chi connectivity index (χ1v) is 9.87. The largest absolute Gasteiger partial charge is 0.311 e. The van der Waals surface area contributed by atoms with Crippen molar-refractivity contribution in [3.05, 3.63) is 107 Å². The van der Waals surface area contributed by atoms with Gasteiger partial charge in [0.05, 0.1) is 6.54 Å². The Hall–Kier alpha value is -3.38. The average Bonchev–Trinajstić information content (AvgIpc) is 3.17. The normalized spacial score (nSPS) is 11.0. The summed E-state index contributed by atoms with van der Waals surface area (Å²) in [5, 5.41) is 12.6. The van der Waals surface area contributed by atoms with Gasteiger partial charge in [-0.2, -0.15) is 15.0 Å². The van der Waals surface area contributed by atoms with E-state index in [0.29, 0.717) is 12.1 Å². The van der Waals surface area contributed by atoms with Gasteiger partial charge in [-0.05, 0) is 36.7 Å². The van der Waals surface area contributed by atoms with Crippen molar-refractivity contribution < 1.29 is 8.78 Å². The Balaban J connectivity index is 1.48. The molecule has 0 unspecified atom stereocenters. The van der Waals surface area contributed by atoms with Gasteiger partial charge in [-0.3, -0.25) is 0 Å². The molecule has 4 aromatic rings. The van der Waals surface area contributed by atoms with Crippen LogP contribution in [0.4, 0.5) is 8.78 Å². The van der Waals surface area contributed by atoms with Gasteiger partial charge in [-0.25, -0.2) is 8.78 Å². The topological polar surface area (TPSA) is 42.7 Å². The third-order valence-electron chi connectivity index (χ3n) is 4.84. The van der Waals surface area contributed by atoms with Crippen LogP contribution in [0.25, 0.3) is 11.3 Å². The molecule has 30 heavy (non-hydrogen) atoms. The van der Waals surface area contributed by atoms with E-state index in [1.54, 1.807) is 30.3 Å². The molecule has 1 N–H and O–H groups in total. The molecule has 0 fully saturated rings.